The van der Waals surface area contributed by atoms with Gasteiger partial charge in [-0.1, -0.05) is 41.4 Å². The van der Waals surface area contributed by atoms with Gasteiger partial charge in [-0.15, -0.1) is 11.3 Å². The summed E-state index contributed by atoms with van der Waals surface area (Å²) in [5, 5.41) is 23.5. The molecule has 128 valence electrons. The molecule has 0 bridgehead atoms. The Morgan fingerprint density at radius 1 is 1.23 bits per heavy atom. The molecule has 2 aromatic carbocycles. The number of rotatable bonds is 4. The average Bonchev–Trinajstić information content (AvgIpc) is 3.12. The van der Waals surface area contributed by atoms with Gasteiger partial charge in [-0.05, 0) is 23.8 Å². The Morgan fingerprint density at radius 2 is 2.04 bits per heavy atom. The normalized spacial score (nSPS) is 11.2. The third-order valence-corrected chi connectivity index (χ3v) is 5.08. The number of halogens is 2. The van der Waals surface area contributed by atoms with Crippen LogP contribution in [0.3, 0.4) is 0 Å². The van der Waals surface area contributed by atoms with Crippen LogP contribution >= 0.6 is 34.5 Å². The number of benzene rings is 2. The van der Waals surface area contributed by atoms with Crippen molar-refractivity contribution >= 4 is 51.9 Å². The Labute approximate surface area is 162 Å². The summed E-state index contributed by atoms with van der Waals surface area (Å²) in [5.41, 5.74) is 2.30. The van der Waals surface area contributed by atoms with Gasteiger partial charge in [0.25, 0.3) is 5.69 Å². The minimum atomic E-state index is -0.477. The Balaban J connectivity index is 1.96. The predicted octanol–water partition coefficient (Wildman–Crippen LogP) is 6.09. The summed E-state index contributed by atoms with van der Waals surface area (Å²) >= 11 is 13.3. The van der Waals surface area contributed by atoms with Gasteiger partial charge in [-0.3, -0.25) is 10.1 Å². The maximum absolute atomic E-state index is 10.9. The molecule has 0 saturated carbocycles. The van der Waals surface area contributed by atoms with Crippen molar-refractivity contribution in [2.75, 3.05) is 0 Å². The number of nitro benzene ring substituents is 1. The standard InChI is InChI=1S/C18H9Cl2N3O2S/c19-15-5-4-12(8-16(15)20)17-10-26-18(22-17)13(9-21)6-11-2-1-3-14(7-11)23(24)25/h1-8,10H. The Morgan fingerprint density at radius 3 is 2.73 bits per heavy atom. The van der Waals surface area contributed by atoms with Gasteiger partial charge in [0.1, 0.15) is 11.1 Å². The lowest BCUT2D eigenvalue weighted by molar-refractivity contribution is -0.384. The number of nitrogens with zero attached hydrogens (tertiary/aromatic N) is 3. The molecular formula is C18H9Cl2N3O2S. The van der Waals surface area contributed by atoms with Gasteiger partial charge < -0.3 is 0 Å². The van der Waals surface area contributed by atoms with E-state index < -0.39 is 4.92 Å². The summed E-state index contributed by atoms with van der Waals surface area (Å²) in [6.45, 7) is 0. The number of hydrogen-bond acceptors (Lipinski definition) is 5. The highest BCUT2D eigenvalue weighted by Crippen LogP contribution is 2.31. The Bertz CT molecular complexity index is 1070. The van der Waals surface area contributed by atoms with Crippen molar-refractivity contribution in [2.45, 2.75) is 0 Å². The molecule has 5 nitrogen and oxygen atoms in total. The first kappa shape index (κ1) is 18.1. The van der Waals surface area contributed by atoms with Gasteiger partial charge in [-0.25, -0.2) is 4.98 Å². The third-order valence-electron chi connectivity index (χ3n) is 3.46. The lowest BCUT2D eigenvalue weighted by Crippen LogP contribution is -1.88. The van der Waals surface area contributed by atoms with Gasteiger partial charge in [-0.2, -0.15) is 5.26 Å². The van der Waals surface area contributed by atoms with E-state index in [0.29, 0.717) is 31.9 Å². The molecule has 8 heteroatoms. The number of hydrogen-bond donors (Lipinski definition) is 0. The molecule has 3 aromatic rings. The number of thiazole rings is 1. The quantitative estimate of drug-likeness (QED) is 0.301. The van der Waals surface area contributed by atoms with Crippen LogP contribution in [0.1, 0.15) is 10.6 Å². The first-order valence-electron chi connectivity index (χ1n) is 7.25. The van der Waals surface area contributed by atoms with Gasteiger partial charge in [0.2, 0.25) is 0 Å². The van der Waals surface area contributed by atoms with Crippen molar-refractivity contribution in [1.29, 1.82) is 5.26 Å². The molecular weight excluding hydrogens is 393 g/mol. The minimum Gasteiger partial charge on any atom is -0.258 e. The SMILES string of the molecule is N#CC(=Cc1cccc([N+](=O)[O-])c1)c1nc(-c2ccc(Cl)c(Cl)c2)cs1. The molecule has 3 rings (SSSR count). The zero-order chi connectivity index (χ0) is 18.7. The second-order valence-corrected chi connectivity index (χ2v) is 6.86. The molecule has 0 amide bonds. The van der Waals surface area contributed by atoms with Crippen LogP contribution in [0.25, 0.3) is 22.9 Å². The molecule has 0 aliphatic rings. The summed E-state index contributed by atoms with van der Waals surface area (Å²) in [6.07, 6.45) is 1.57. The lowest BCUT2D eigenvalue weighted by atomic mass is 10.1. The Hall–Kier alpha value is -2.72. The first-order chi connectivity index (χ1) is 12.5. The Kier molecular flexibility index (Phi) is 5.33. The molecule has 0 saturated heterocycles. The molecule has 0 N–H and O–H groups in total. The number of nitro groups is 1. The smallest absolute Gasteiger partial charge is 0.258 e. The summed E-state index contributed by atoms with van der Waals surface area (Å²) < 4.78 is 0. The van der Waals surface area contributed by atoms with Crippen molar-refractivity contribution in [1.82, 2.24) is 4.98 Å². The molecule has 0 aliphatic heterocycles. The van der Waals surface area contributed by atoms with Crippen LogP contribution in [0.2, 0.25) is 10.0 Å². The molecule has 1 aromatic heterocycles. The maximum atomic E-state index is 10.9. The van der Waals surface area contributed by atoms with E-state index in [-0.39, 0.29) is 5.69 Å². The van der Waals surface area contributed by atoms with Gasteiger partial charge in [0, 0.05) is 23.1 Å². The predicted molar refractivity (Wildman–Crippen MR) is 104 cm³/mol. The summed E-state index contributed by atoms with van der Waals surface area (Å²) in [6, 6.07) is 13.3. The molecule has 0 spiro atoms. The van der Waals surface area contributed by atoms with Crippen LogP contribution < -0.4 is 0 Å². The van der Waals surface area contributed by atoms with E-state index in [1.54, 1.807) is 36.4 Å². The summed E-state index contributed by atoms with van der Waals surface area (Å²) in [4.78, 5) is 14.9. The molecule has 1 heterocycles. The average molecular weight is 402 g/mol. The van der Waals surface area contributed by atoms with Crippen LogP contribution in [-0.4, -0.2) is 9.91 Å². The van der Waals surface area contributed by atoms with Crippen LogP contribution in [0.5, 0.6) is 0 Å². The van der Waals surface area contributed by atoms with Gasteiger partial charge in [0.05, 0.1) is 26.2 Å². The zero-order valence-corrected chi connectivity index (χ0v) is 15.3. The second kappa shape index (κ2) is 7.67. The largest absolute Gasteiger partial charge is 0.270 e. The second-order valence-electron chi connectivity index (χ2n) is 5.19. The van der Waals surface area contributed by atoms with Crippen LogP contribution in [0, 0.1) is 21.4 Å². The molecule has 0 radical (unpaired) electrons. The molecule has 0 fully saturated rings. The van der Waals surface area contributed by atoms with Crippen molar-refractivity contribution < 1.29 is 4.92 Å². The third kappa shape index (κ3) is 3.92. The fourth-order valence-corrected chi connectivity index (χ4v) is 3.31. The van der Waals surface area contributed by atoms with Crippen LogP contribution in [-0.2, 0) is 0 Å². The van der Waals surface area contributed by atoms with Crippen molar-refractivity contribution in [3.63, 3.8) is 0 Å². The number of allylic oxidation sites excluding steroid dienone is 1. The minimum absolute atomic E-state index is 0.0355. The van der Waals surface area contributed by atoms with E-state index >= 15 is 0 Å². The number of non-ortho nitro benzene ring substituents is 1. The highest BCUT2D eigenvalue weighted by Gasteiger charge is 2.11. The van der Waals surface area contributed by atoms with Gasteiger partial charge >= 0.3 is 0 Å². The summed E-state index contributed by atoms with van der Waals surface area (Å²) in [5.74, 6) is 0. The van der Waals surface area contributed by atoms with Crippen molar-refractivity contribution in [3.8, 4) is 17.3 Å². The molecule has 26 heavy (non-hydrogen) atoms. The highest BCUT2D eigenvalue weighted by molar-refractivity contribution is 7.11. The fraction of sp³-hybridized carbons (Fsp3) is 0. The van der Waals surface area contributed by atoms with Crippen molar-refractivity contribution in [2.24, 2.45) is 0 Å². The monoisotopic (exact) mass is 401 g/mol. The van der Waals surface area contributed by atoms with E-state index in [2.05, 4.69) is 11.1 Å². The van der Waals surface area contributed by atoms with E-state index in [1.807, 2.05) is 5.38 Å². The van der Waals surface area contributed by atoms with Crippen LogP contribution in [0.4, 0.5) is 5.69 Å². The fourth-order valence-electron chi connectivity index (χ4n) is 2.22. The number of aromatic nitrogens is 1. The topological polar surface area (TPSA) is 79.8 Å². The van der Waals surface area contributed by atoms with Crippen LogP contribution in [0.15, 0.2) is 47.8 Å². The maximum Gasteiger partial charge on any atom is 0.270 e. The summed E-state index contributed by atoms with van der Waals surface area (Å²) in [7, 11) is 0. The van der Waals surface area contributed by atoms with E-state index in [1.165, 1.54) is 23.5 Å². The van der Waals surface area contributed by atoms with Crippen molar-refractivity contribution in [3.05, 3.63) is 78.6 Å². The molecule has 0 unspecified atom stereocenters. The number of nitriles is 1. The lowest BCUT2D eigenvalue weighted by Gasteiger charge is -1.99. The highest BCUT2D eigenvalue weighted by atomic mass is 35.5. The van der Waals surface area contributed by atoms with E-state index in [9.17, 15) is 15.4 Å². The molecule has 0 atom stereocenters. The first-order valence-corrected chi connectivity index (χ1v) is 8.89. The van der Waals surface area contributed by atoms with E-state index in [4.69, 9.17) is 23.2 Å². The van der Waals surface area contributed by atoms with E-state index in [0.717, 1.165) is 5.56 Å². The zero-order valence-electron chi connectivity index (χ0n) is 13.0. The molecule has 0 aliphatic carbocycles. The van der Waals surface area contributed by atoms with Gasteiger partial charge in [0.15, 0.2) is 0 Å².